The van der Waals surface area contributed by atoms with E-state index in [0.717, 1.165) is 11.3 Å². The fourth-order valence-electron chi connectivity index (χ4n) is 1.93. The van der Waals surface area contributed by atoms with E-state index in [1.165, 1.54) is 0 Å². The Morgan fingerprint density at radius 2 is 2.18 bits per heavy atom. The van der Waals surface area contributed by atoms with Crippen LogP contribution < -0.4 is 0 Å². The Morgan fingerprint density at radius 1 is 1.47 bits per heavy atom. The Morgan fingerprint density at radius 3 is 2.76 bits per heavy atom. The van der Waals surface area contributed by atoms with Gasteiger partial charge in [-0.05, 0) is 19.1 Å². The Kier molecular flexibility index (Phi) is 2.83. The molecule has 0 radical (unpaired) electrons. The predicted molar refractivity (Wildman–Crippen MR) is 65.6 cm³/mol. The van der Waals surface area contributed by atoms with Crippen molar-refractivity contribution in [2.24, 2.45) is 7.05 Å². The summed E-state index contributed by atoms with van der Waals surface area (Å²) in [5, 5.41) is 0. The van der Waals surface area contributed by atoms with Crippen LogP contribution in [-0.4, -0.2) is 39.4 Å². The molecule has 0 spiro atoms. The first-order valence-corrected chi connectivity index (χ1v) is 5.51. The lowest BCUT2D eigenvalue weighted by molar-refractivity contribution is -0.130. The monoisotopic (exact) mass is 232 g/mol. The van der Waals surface area contributed by atoms with Crippen molar-refractivity contribution in [2.75, 3.05) is 14.1 Å². The Hall–Kier alpha value is -1.91. The summed E-state index contributed by atoms with van der Waals surface area (Å²) in [4.78, 5) is 22.1. The molecule has 1 unspecified atom stereocenters. The van der Waals surface area contributed by atoms with Gasteiger partial charge in [-0.2, -0.15) is 0 Å². The van der Waals surface area contributed by atoms with Crippen LogP contribution >= 0.6 is 0 Å². The highest BCUT2D eigenvalue weighted by Crippen LogP contribution is 2.20. The van der Waals surface area contributed by atoms with Gasteiger partial charge in [0.25, 0.3) is 0 Å². The Bertz CT molecular complexity index is 559. The summed E-state index contributed by atoms with van der Waals surface area (Å²) in [6, 6.07) is 3.82. The van der Waals surface area contributed by atoms with E-state index in [2.05, 4.69) is 9.97 Å². The minimum Gasteiger partial charge on any atom is -0.348 e. The minimum absolute atomic E-state index is 0.0448. The number of carbonyl (C=O) groups excluding carboxylic acids is 1. The van der Waals surface area contributed by atoms with E-state index in [1.807, 2.05) is 30.7 Å². The second-order valence-corrected chi connectivity index (χ2v) is 4.33. The van der Waals surface area contributed by atoms with Crippen LogP contribution in [-0.2, 0) is 11.8 Å². The number of aryl methyl sites for hydroxylation is 1. The van der Waals surface area contributed by atoms with Gasteiger partial charge in [-0.25, -0.2) is 9.97 Å². The van der Waals surface area contributed by atoms with Crippen LogP contribution in [0.1, 0.15) is 18.7 Å². The number of carbonyl (C=O) groups is 1. The van der Waals surface area contributed by atoms with Gasteiger partial charge < -0.3 is 9.47 Å². The zero-order valence-electron chi connectivity index (χ0n) is 10.5. The van der Waals surface area contributed by atoms with E-state index in [-0.39, 0.29) is 11.8 Å². The lowest BCUT2D eigenvalue weighted by Gasteiger charge is -2.16. The van der Waals surface area contributed by atoms with E-state index in [9.17, 15) is 4.79 Å². The molecule has 5 heteroatoms. The van der Waals surface area contributed by atoms with Crippen molar-refractivity contribution in [1.29, 1.82) is 0 Å². The van der Waals surface area contributed by atoms with Crippen LogP contribution in [0.3, 0.4) is 0 Å². The smallest absolute Gasteiger partial charge is 0.232 e. The SMILES string of the molecule is CC(C(=O)N(C)C)c1nc2ncccc2n1C. The molecule has 0 N–H and O–H groups in total. The standard InChI is InChI=1S/C12H16N4O/c1-8(12(17)15(2)3)11-14-10-9(16(11)4)6-5-7-13-10/h5-8H,1-4H3. The van der Waals surface area contributed by atoms with E-state index in [0.29, 0.717) is 5.65 Å². The van der Waals surface area contributed by atoms with Crippen molar-refractivity contribution in [3.8, 4) is 0 Å². The van der Waals surface area contributed by atoms with E-state index >= 15 is 0 Å². The molecular formula is C12H16N4O. The Labute approximate surface area is 100 Å². The normalized spacial score (nSPS) is 12.7. The largest absolute Gasteiger partial charge is 0.348 e. The lowest BCUT2D eigenvalue weighted by Crippen LogP contribution is -2.28. The molecule has 2 aromatic rings. The number of pyridine rings is 1. The van der Waals surface area contributed by atoms with Gasteiger partial charge in [0.2, 0.25) is 5.91 Å². The zero-order chi connectivity index (χ0) is 12.6. The van der Waals surface area contributed by atoms with Gasteiger partial charge in [0.1, 0.15) is 5.82 Å². The van der Waals surface area contributed by atoms with Crippen LogP contribution in [0.2, 0.25) is 0 Å². The molecule has 90 valence electrons. The molecule has 2 rings (SSSR count). The third-order valence-corrected chi connectivity index (χ3v) is 2.89. The molecule has 1 amide bonds. The predicted octanol–water partition coefficient (Wildman–Crippen LogP) is 1.16. The number of fused-ring (bicyclic) bond motifs is 1. The second kappa shape index (κ2) is 4.16. The molecular weight excluding hydrogens is 216 g/mol. The van der Waals surface area contributed by atoms with Gasteiger partial charge in [0, 0.05) is 27.3 Å². The third kappa shape index (κ3) is 1.88. The van der Waals surface area contributed by atoms with Crippen LogP contribution in [0.5, 0.6) is 0 Å². The molecule has 0 aliphatic carbocycles. The molecule has 0 aliphatic rings. The lowest BCUT2D eigenvalue weighted by atomic mass is 10.1. The van der Waals surface area contributed by atoms with Crippen LogP contribution in [0.4, 0.5) is 0 Å². The topological polar surface area (TPSA) is 51.0 Å². The summed E-state index contributed by atoms with van der Waals surface area (Å²) in [6.45, 7) is 1.86. The molecule has 0 saturated carbocycles. The summed E-state index contributed by atoms with van der Waals surface area (Å²) in [6.07, 6.45) is 1.71. The summed E-state index contributed by atoms with van der Waals surface area (Å²) < 4.78 is 1.92. The highest BCUT2D eigenvalue weighted by Gasteiger charge is 2.22. The highest BCUT2D eigenvalue weighted by atomic mass is 16.2. The van der Waals surface area contributed by atoms with Gasteiger partial charge in [-0.3, -0.25) is 4.79 Å². The van der Waals surface area contributed by atoms with Crippen LogP contribution in [0.25, 0.3) is 11.2 Å². The third-order valence-electron chi connectivity index (χ3n) is 2.89. The summed E-state index contributed by atoms with van der Waals surface area (Å²) in [7, 11) is 5.41. The fourth-order valence-corrected chi connectivity index (χ4v) is 1.93. The first-order valence-electron chi connectivity index (χ1n) is 5.51. The minimum atomic E-state index is -0.260. The molecule has 2 heterocycles. The number of nitrogens with zero attached hydrogens (tertiary/aromatic N) is 4. The average molecular weight is 232 g/mol. The number of amides is 1. The molecule has 5 nitrogen and oxygen atoms in total. The average Bonchev–Trinajstić information content (AvgIpc) is 2.65. The first kappa shape index (κ1) is 11.6. The summed E-state index contributed by atoms with van der Waals surface area (Å²) >= 11 is 0. The van der Waals surface area contributed by atoms with Crippen molar-refractivity contribution in [2.45, 2.75) is 12.8 Å². The quantitative estimate of drug-likeness (QED) is 0.780. The molecule has 2 aromatic heterocycles. The fraction of sp³-hybridized carbons (Fsp3) is 0.417. The number of likely N-dealkylation sites (N-methyl/N-ethyl adjacent to an activating group) is 1. The first-order chi connectivity index (χ1) is 8.02. The second-order valence-electron chi connectivity index (χ2n) is 4.33. The van der Waals surface area contributed by atoms with Crippen molar-refractivity contribution in [3.05, 3.63) is 24.2 Å². The molecule has 0 saturated heterocycles. The molecule has 1 atom stereocenters. The zero-order valence-corrected chi connectivity index (χ0v) is 10.5. The van der Waals surface area contributed by atoms with Crippen molar-refractivity contribution in [3.63, 3.8) is 0 Å². The van der Waals surface area contributed by atoms with Gasteiger partial charge in [-0.1, -0.05) is 0 Å². The maximum absolute atomic E-state index is 11.9. The van der Waals surface area contributed by atoms with E-state index < -0.39 is 0 Å². The van der Waals surface area contributed by atoms with E-state index in [4.69, 9.17) is 0 Å². The van der Waals surface area contributed by atoms with Gasteiger partial charge in [0.15, 0.2) is 5.65 Å². The summed E-state index contributed by atoms with van der Waals surface area (Å²) in [5.41, 5.74) is 1.63. The van der Waals surface area contributed by atoms with Crippen molar-refractivity contribution >= 4 is 17.1 Å². The number of hydrogen-bond donors (Lipinski definition) is 0. The maximum Gasteiger partial charge on any atom is 0.232 e. The molecule has 0 bridgehead atoms. The molecule has 0 fully saturated rings. The van der Waals surface area contributed by atoms with Crippen molar-refractivity contribution in [1.82, 2.24) is 19.4 Å². The number of aromatic nitrogens is 3. The van der Waals surface area contributed by atoms with E-state index in [1.54, 1.807) is 25.2 Å². The highest BCUT2D eigenvalue weighted by molar-refractivity contribution is 5.83. The summed E-state index contributed by atoms with van der Waals surface area (Å²) in [5.74, 6) is 0.532. The van der Waals surface area contributed by atoms with Gasteiger partial charge in [0.05, 0.1) is 11.4 Å². The number of hydrogen-bond acceptors (Lipinski definition) is 3. The molecule has 0 aromatic carbocycles. The molecule has 17 heavy (non-hydrogen) atoms. The van der Waals surface area contributed by atoms with Crippen molar-refractivity contribution < 1.29 is 4.79 Å². The van der Waals surface area contributed by atoms with Crippen LogP contribution in [0, 0.1) is 0 Å². The Balaban J connectivity index is 2.49. The van der Waals surface area contributed by atoms with Gasteiger partial charge in [-0.15, -0.1) is 0 Å². The van der Waals surface area contributed by atoms with Gasteiger partial charge >= 0.3 is 0 Å². The van der Waals surface area contributed by atoms with Crippen LogP contribution in [0.15, 0.2) is 18.3 Å². The number of imidazole rings is 1. The maximum atomic E-state index is 11.9. The molecule has 0 aliphatic heterocycles. The number of rotatable bonds is 2.